The average molecular weight is 370 g/mol. The summed E-state index contributed by atoms with van der Waals surface area (Å²) in [5, 5.41) is 14.2. The number of aromatic nitrogens is 3. The van der Waals surface area contributed by atoms with E-state index in [0.717, 1.165) is 6.07 Å². The van der Waals surface area contributed by atoms with Crippen LogP contribution in [0, 0.1) is 12.8 Å². The van der Waals surface area contributed by atoms with Crippen molar-refractivity contribution < 1.29 is 23.1 Å². The number of carbonyl (C=O) groups excluding carboxylic acids is 1. The van der Waals surface area contributed by atoms with Gasteiger partial charge in [0.25, 0.3) is 5.91 Å². The lowest BCUT2D eigenvalue weighted by Gasteiger charge is -2.42. The van der Waals surface area contributed by atoms with E-state index in [-0.39, 0.29) is 23.0 Å². The highest BCUT2D eigenvalue weighted by Gasteiger charge is 2.39. The third-order valence-electron chi connectivity index (χ3n) is 5.05. The summed E-state index contributed by atoms with van der Waals surface area (Å²) in [6.07, 6.45) is -3.49. The summed E-state index contributed by atoms with van der Waals surface area (Å²) in [4.78, 5) is 18.3. The molecule has 9 heteroatoms. The van der Waals surface area contributed by atoms with Crippen LogP contribution in [0.5, 0.6) is 0 Å². The summed E-state index contributed by atoms with van der Waals surface area (Å²) in [5.74, 6) is -0.543. The Kier molecular flexibility index (Phi) is 4.46. The highest BCUT2D eigenvalue weighted by molar-refractivity contribution is 5.93. The number of rotatable bonds is 2. The maximum atomic E-state index is 13.2. The zero-order valence-electron chi connectivity index (χ0n) is 14.8. The van der Waals surface area contributed by atoms with Gasteiger partial charge in [-0.05, 0) is 32.8 Å². The van der Waals surface area contributed by atoms with Gasteiger partial charge in [-0.25, -0.2) is 9.50 Å². The Morgan fingerprint density at radius 3 is 2.73 bits per heavy atom. The van der Waals surface area contributed by atoms with E-state index < -0.39 is 23.4 Å². The lowest BCUT2D eigenvalue weighted by molar-refractivity contribution is -0.142. The molecule has 6 nitrogen and oxygen atoms in total. The van der Waals surface area contributed by atoms with Crippen molar-refractivity contribution in [2.24, 2.45) is 5.92 Å². The van der Waals surface area contributed by atoms with Gasteiger partial charge < -0.3 is 10.0 Å². The summed E-state index contributed by atoms with van der Waals surface area (Å²) >= 11 is 0. The lowest BCUT2D eigenvalue weighted by atomic mass is 9.81. The van der Waals surface area contributed by atoms with Gasteiger partial charge in [0.2, 0.25) is 0 Å². The molecular weight excluding hydrogens is 349 g/mol. The number of aliphatic hydroxyl groups is 1. The Bertz CT molecular complexity index is 844. The number of carbonyl (C=O) groups is 1. The molecule has 1 aliphatic rings. The molecule has 2 aromatic rings. The van der Waals surface area contributed by atoms with Gasteiger partial charge in [0.05, 0.1) is 5.60 Å². The van der Waals surface area contributed by atoms with Crippen molar-refractivity contribution >= 4 is 11.6 Å². The third-order valence-corrected chi connectivity index (χ3v) is 5.05. The van der Waals surface area contributed by atoms with Crippen LogP contribution in [0.4, 0.5) is 13.2 Å². The van der Waals surface area contributed by atoms with Crippen LogP contribution in [0.3, 0.4) is 0 Å². The quantitative estimate of drug-likeness (QED) is 0.882. The number of alkyl halides is 3. The smallest absolute Gasteiger partial charge is 0.390 e. The molecule has 1 fully saturated rings. The van der Waals surface area contributed by atoms with E-state index in [1.807, 2.05) is 6.92 Å². The van der Waals surface area contributed by atoms with Crippen LogP contribution in [0.15, 0.2) is 12.1 Å². The molecular formula is C17H21F3N4O2. The first kappa shape index (κ1) is 18.6. The molecule has 0 saturated carbocycles. The molecule has 2 atom stereocenters. The number of amides is 1. The predicted molar refractivity (Wildman–Crippen MR) is 87.7 cm³/mol. The van der Waals surface area contributed by atoms with Crippen molar-refractivity contribution in [3.63, 3.8) is 0 Å². The second-order valence-electron chi connectivity index (χ2n) is 7.04. The fourth-order valence-electron chi connectivity index (χ4n) is 3.44. The van der Waals surface area contributed by atoms with Crippen molar-refractivity contribution in [1.29, 1.82) is 0 Å². The maximum absolute atomic E-state index is 13.2. The van der Waals surface area contributed by atoms with E-state index in [9.17, 15) is 23.1 Å². The summed E-state index contributed by atoms with van der Waals surface area (Å²) in [6.45, 7) is 5.81. The van der Waals surface area contributed by atoms with Gasteiger partial charge in [-0.3, -0.25) is 4.79 Å². The number of aryl methyl sites for hydroxylation is 1. The Labute approximate surface area is 148 Å². The highest BCUT2D eigenvalue weighted by atomic mass is 19.4. The predicted octanol–water partition coefficient (Wildman–Crippen LogP) is 2.68. The SMILES string of the molecule is CC[C@H]1CN(C(=O)c2cc3nc(C)cc(C(F)(F)F)n3n2)CC[C@@]1(C)O. The first-order valence-electron chi connectivity index (χ1n) is 8.49. The van der Waals surface area contributed by atoms with Crippen LogP contribution in [0.1, 0.15) is 48.6 Å². The van der Waals surface area contributed by atoms with Crippen molar-refractivity contribution in [3.8, 4) is 0 Å². The zero-order valence-corrected chi connectivity index (χ0v) is 14.8. The van der Waals surface area contributed by atoms with Gasteiger partial charge in [0.1, 0.15) is 5.69 Å². The second-order valence-corrected chi connectivity index (χ2v) is 7.04. The van der Waals surface area contributed by atoms with Crippen LogP contribution < -0.4 is 0 Å². The first-order valence-corrected chi connectivity index (χ1v) is 8.49. The van der Waals surface area contributed by atoms with Crippen LogP contribution in [0.2, 0.25) is 0 Å². The molecule has 0 bridgehead atoms. The van der Waals surface area contributed by atoms with E-state index in [4.69, 9.17) is 0 Å². The molecule has 1 aliphatic heterocycles. The third kappa shape index (κ3) is 3.27. The average Bonchev–Trinajstić information content (AvgIpc) is 2.95. The van der Waals surface area contributed by atoms with Crippen LogP contribution in [-0.4, -0.2) is 49.2 Å². The van der Waals surface area contributed by atoms with Crippen LogP contribution >= 0.6 is 0 Å². The molecule has 0 aliphatic carbocycles. The minimum Gasteiger partial charge on any atom is -0.390 e. The minimum atomic E-state index is -4.60. The van der Waals surface area contributed by atoms with Crippen LogP contribution in [-0.2, 0) is 6.18 Å². The fraction of sp³-hybridized carbons (Fsp3) is 0.588. The molecule has 1 N–H and O–H groups in total. The Morgan fingerprint density at radius 2 is 2.12 bits per heavy atom. The molecule has 142 valence electrons. The molecule has 2 aromatic heterocycles. The monoisotopic (exact) mass is 370 g/mol. The van der Waals surface area contributed by atoms with Crippen molar-refractivity contribution in [1.82, 2.24) is 19.5 Å². The number of nitrogens with zero attached hydrogens (tertiary/aromatic N) is 4. The Hall–Kier alpha value is -2.16. The van der Waals surface area contributed by atoms with Gasteiger partial charge in [-0.1, -0.05) is 6.92 Å². The van der Waals surface area contributed by atoms with Crippen molar-refractivity contribution in [2.75, 3.05) is 13.1 Å². The highest BCUT2D eigenvalue weighted by Crippen LogP contribution is 2.32. The minimum absolute atomic E-state index is 0.0169. The van der Waals surface area contributed by atoms with E-state index in [1.54, 1.807) is 6.92 Å². The van der Waals surface area contributed by atoms with Gasteiger partial charge in [0.15, 0.2) is 11.3 Å². The van der Waals surface area contributed by atoms with Crippen molar-refractivity contribution in [3.05, 3.63) is 29.2 Å². The zero-order chi connectivity index (χ0) is 19.3. The van der Waals surface area contributed by atoms with Crippen LogP contribution in [0.25, 0.3) is 5.65 Å². The fourth-order valence-corrected chi connectivity index (χ4v) is 3.44. The maximum Gasteiger partial charge on any atom is 0.433 e. The van der Waals surface area contributed by atoms with Gasteiger partial charge in [0, 0.05) is 30.8 Å². The topological polar surface area (TPSA) is 70.7 Å². The number of fused-ring (bicyclic) bond motifs is 1. The molecule has 0 unspecified atom stereocenters. The molecule has 0 aromatic carbocycles. The number of likely N-dealkylation sites (tertiary alicyclic amines) is 1. The van der Waals surface area contributed by atoms with E-state index >= 15 is 0 Å². The largest absolute Gasteiger partial charge is 0.433 e. The van der Waals surface area contributed by atoms with Gasteiger partial charge in [-0.15, -0.1) is 0 Å². The first-order chi connectivity index (χ1) is 12.0. The number of piperidine rings is 1. The molecule has 3 heterocycles. The summed E-state index contributed by atoms with van der Waals surface area (Å²) in [7, 11) is 0. The number of hydrogen-bond donors (Lipinski definition) is 1. The Balaban J connectivity index is 1.95. The molecule has 26 heavy (non-hydrogen) atoms. The van der Waals surface area contributed by atoms with Crippen molar-refractivity contribution in [2.45, 2.75) is 45.4 Å². The van der Waals surface area contributed by atoms with Gasteiger partial charge >= 0.3 is 6.18 Å². The van der Waals surface area contributed by atoms with Gasteiger partial charge in [-0.2, -0.15) is 18.3 Å². The molecule has 1 saturated heterocycles. The lowest BCUT2D eigenvalue weighted by Crippen LogP contribution is -2.51. The van der Waals surface area contributed by atoms with E-state index in [2.05, 4.69) is 10.1 Å². The summed E-state index contributed by atoms with van der Waals surface area (Å²) < 4.78 is 40.4. The molecule has 0 spiro atoms. The molecule has 1 amide bonds. The standard InChI is InChI=1S/C17H21F3N4O2/c1-4-11-9-23(6-5-16(11,3)26)15(25)12-8-14-21-10(2)7-13(17(18,19)20)24(14)22-12/h7-8,11,26H,4-6,9H2,1-3H3/t11-,16+/m0/s1. The summed E-state index contributed by atoms with van der Waals surface area (Å²) in [6, 6.07) is 2.18. The molecule has 3 rings (SSSR count). The number of halogens is 3. The Morgan fingerprint density at radius 1 is 1.42 bits per heavy atom. The molecule has 0 radical (unpaired) electrons. The summed E-state index contributed by atoms with van der Waals surface area (Å²) in [5.41, 5.74) is -1.72. The second kappa shape index (κ2) is 6.22. The van der Waals surface area contributed by atoms with E-state index in [0.29, 0.717) is 30.4 Å². The number of hydrogen-bond acceptors (Lipinski definition) is 4. The van der Waals surface area contributed by atoms with E-state index in [1.165, 1.54) is 17.9 Å². The normalized spacial score (nSPS) is 24.3.